The molecule has 1 amide bonds. The molecule has 0 radical (unpaired) electrons. The number of amides is 1. The van der Waals surface area contributed by atoms with Crippen molar-refractivity contribution in [2.24, 2.45) is 11.7 Å². The molecule has 6 nitrogen and oxygen atoms in total. The van der Waals surface area contributed by atoms with Gasteiger partial charge in [-0.15, -0.1) is 0 Å². The van der Waals surface area contributed by atoms with E-state index in [0.717, 1.165) is 5.56 Å². The van der Waals surface area contributed by atoms with Gasteiger partial charge in [0.25, 0.3) is 0 Å². The molecule has 1 aliphatic rings. The third-order valence-electron chi connectivity index (χ3n) is 3.92. The monoisotopic (exact) mass is 376 g/mol. The van der Waals surface area contributed by atoms with E-state index < -0.39 is 11.9 Å². The van der Waals surface area contributed by atoms with E-state index in [2.05, 4.69) is 5.73 Å². The minimum absolute atomic E-state index is 0.0440. The average molecular weight is 377 g/mol. The number of rotatable bonds is 5. The Balaban J connectivity index is 0.00000117. The van der Waals surface area contributed by atoms with E-state index in [0.29, 0.717) is 23.1 Å². The van der Waals surface area contributed by atoms with E-state index in [4.69, 9.17) is 21.4 Å². The maximum absolute atomic E-state index is 11.9. The number of hydrogen-bond acceptors (Lipinski definition) is 4. The zero-order valence-corrected chi connectivity index (χ0v) is 15.1. The maximum atomic E-state index is 11.9. The lowest BCUT2D eigenvalue weighted by Crippen LogP contribution is -2.25. The zero-order valence-electron chi connectivity index (χ0n) is 14.4. The van der Waals surface area contributed by atoms with E-state index in [-0.39, 0.29) is 18.9 Å². The van der Waals surface area contributed by atoms with Crippen molar-refractivity contribution < 1.29 is 19.4 Å². The number of carboxylic acid groups (broad SMARTS) is 1. The first-order chi connectivity index (χ1) is 12.5. The second kappa shape index (κ2) is 9.22. The summed E-state index contributed by atoms with van der Waals surface area (Å²) in [5.41, 5.74) is 6.14. The number of halogens is 1. The van der Waals surface area contributed by atoms with Crippen LogP contribution in [0.5, 0.6) is 5.75 Å². The fourth-order valence-electron chi connectivity index (χ4n) is 2.64. The van der Waals surface area contributed by atoms with Gasteiger partial charge in [0, 0.05) is 23.7 Å². The predicted molar refractivity (Wildman–Crippen MR) is 100 cm³/mol. The maximum Gasteiger partial charge on any atom is 0.308 e. The first-order valence-electron chi connectivity index (χ1n) is 8.11. The molecule has 1 aliphatic heterocycles. The van der Waals surface area contributed by atoms with Gasteiger partial charge in [-0.05, 0) is 49.0 Å². The predicted octanol–water partition coefficient (Wildman–Crippen LogP) is 2.93. The summed E-state index contributed by atoms with van der Waals surface area (Å²) >= 11 is 5.93. The molecule has 1 unspecified atom stereocenters. The number of nitrogens with zero attached hydrogens (tertiary/aromatic N) is 1. The quantitative estimate of drug-likeness (QED) is 0.836. The number of carbonyl (C=O) groups excluding carboxylic acids is 1. The van der Waals surface area contributed by atoms with Crippen molar-refractivity contribution in [2.45, 2.75) is 13.0 Å². The molecule has 3 N–H and O–H groups in total. The van der Waals surface area contributed by atoms with Crippen molar-refractivity contribution >= 4 is 29.2 Å². The summed E-state index contributed by atoms with van der Waals surface area (Å²) < 4.78 is 5.69. The van der Waals surface area contributed by atoms with Crippen LogP contribution in [0.15, 0.2) is 48.5 Å². The van der Waals surface area contributed by atoms with Gasteiger partial charge in [-0.2, -0.15) is 0 Å². The molecule has 1 heterocycles. The van der Waals surface area contributed by atoms with E-state index in [1.165, 1.54) is 11.9 Å². The number of hydrogen-bond donors (Lipinski definition) is 2. The Morgan fingerprint density at radius 1 is 1.27 bits per heavy atom. The van der Waals surface area contributed by atoms with Crippen LogP contribution in [0.25, 0.3) is 0 Å². The van der Waals surface area contributed by atoms with Crippen LogP contribution in [0.2, 0.25) is 5.02 Å². The van der Waals surface area contributed by atoms with E-state index in [1.807, 2.05) is 18.2 Å². The van der Waals surface area contributed by atoms with E-state index in [1.54, 1.807) is 30.3 Å². The first-order valence-corrected chi connectivity index (χ1v) is 8.49. The van der Waals surface area contributed by atoms with Gasteiger partial charge in [0.05, 0.1) is 5.92 Å². The van der Waals surface area contributed by atoms with Gasteiger partial charge in [0.15, 0.2) is 0 Å². The summed E-state index contributed by atoms with van der Waals surface area (Å²) in [6.07, 6.45) is 0.0440. The highest BCUT2D eigenvalue weighted by Gasteiger charge is 2.34. The molecule has 1 atom stereocenters. The summed E-state index contributed by atoms with van der Waals surface area (Å²) in [5.74, 6) is -1.08. The topological polar surface area (TPSA) is 92.9 Å². The molecule has 1 saturated heterocycles. The van der Waals surface area contributed by atoms with Crippen molar-refractivity contribution in [1.29, 1.82) is 0 Å². The van der Waals surface area contributed by atoms with Gasteiger partial charge in [-0.1, -0.05) is 23.7 Å². The molecule has 0 saturated carbocycles. The number of ether oxygens (including phenoxy) is 1. The molecule has 26 heavy (non-hydrogen) atoms. The zero-order chi connectivity index (χ0) is 19.1. The molecule has 3 rings (SSSR count). The summed E-state index contributed by atoms with van der Waals surface area (Å²) in [5, 5.41) is 9.69. The molecule has 2 aromatic rings. The molecule has 0 aromatic heterocycles. The molecular formula is C19H21ClN2O4. The largest absolute Gasteiger partial charge is 0.489 e. The third kappa shape index (κ3) is 4.97. The standard InChI is InChI=1S/C18H16ClNO4.CH5N/c19-14-3-1-2-12(8-14)11-24-16-6-4-15(5-7-16)20-10-13(18(22)23)9-17(20)21;1-2/h1-8,13H,9-11H2,(H,22,23);2H2,1H3. The van der Waals surface area contributed by atoms with Gasteiger partial charge >= 0.3 is 5.97 Å². The molecule has 1 fully saturated rings. The van der Waals surface area contributed by atoms with Crippen LogP contribution in [-0.2, 0) is 16.2 Å². The number of nitrogens with two attached hydrogens (primary N) is 1. The molecule has 0 aliphatic carbocycles. The Kier molecular flexibility index (Phi) is 7.00. The van der Waals surface area contributed by atoms with Gasteiger partial charge in [-0.25, -0.2) is 0 Å². The third-order valence-corrected chi connectivity index (χ3v) is 4.15. The molecule has 7 heteroatoms. The number of anilines is 1. The van der Waals surface area contributed by atoms with Gasteiger partial charge in [0.2, 0.25) is 5.91 Å². The molecular weight excluding hydrogens is 356 g/mol. The molecule has 2 aromatic carbocycles. The highest BCUT2D eigenvalue weighted by molar-refractivity contribution is 6.30. The van der Waals surface area contributed by atoms with Gasteiger partial charge in [0.1, 0.15) is 12.4 Å². The van der Waals surface area contributed by atoms with Gasteiger partial charge < -0.3 is 20.5 Å². The number of benzene rings is 2. The molecule has 0 spiro atoms. The summed E-state index contributed by atoms with van der Waals surface area (Å²) in [4.78, 5) is 24.4. The number of carbonyl (C=O) groups is 2. The minimum atomic E-state index is -0.938. The average Bonchev–Trinajstić information content (AvgIpc) is 3.04. The Morgan fingerprint density at radius 3 is 2.54 bits per heavy atom. The van der Waals surface area contributed by atoms with Crippen LogP contribution >= 0.6 is 11.6 Å². The minimum Gasteiger partial charge on any atom is -0.489 e. The fourth-order valence-corrected chi connectivity index (χ4v) is 2.85. The number of carboxylic acids is 1. The Hall–Kier alpha value is -2.57. The van der Waals surface area contributed by atoms with Crippen molar-refractivity contribution in [3.05, 3.63) is 59.1 Å². The first kappa shape index (κ1) is 19.8. The highest BCUT2D eigenvalue weighted by Crippen LogP contribution is 2.27. The summed E-state index contributed by atoms with van der Waals surface area (Å²) in [6.45, 7) is 0.598. The van der Waals surface area contributed by atoms with Crippen LogP contribution in [0, 0.1) is 5.92 Å². The van der Waals surface area contributed by atoms with Crippen LogP contribution in [-0.4, -0.2) is 30.6 Å². The Labute approximate surface area is 157 Å². The van der Waals surface area contributed by atoms with Crippen LogP contribution in [0.3, 0.4) is 0 Å². The lowest BCUT2D eigenvalue weighted by atomic mass is 10.1. The highest BCUT2D eigenvalue weighted by atomic mass is 35.5. The van der Waals surface area contributed by atoms with Crippen molar-refractivity contribution in [1.82, 2.24) is 0 Å². The summed E-state index contributed by atoms with van der Waals surface area (Å²) in [6, 6.07) is 14.5. The second-order valence-electron chi connectivity index (χ2n) is 5.66. The van der Waals surface area contributed by atoms with E-state index >= 15 is 0 Å². The van der Waals surface area contributed by atoms with Crippen molar-refractivity contribution in [3.63, 3.8) is 0 Å². The normalized spacial score (nSPS) is 16.0. The molecule has 0 bridgehead atoms. The fraction of sp³-hybridized carbons (Fsp3) is 0.263. The second-order valence-corrected chi connectivity index (χ2v) is 6.09. The van der Waals surface area contributed by atoms with E-state index in [9.17, 15) is 9.59 Å². The Morgan fingerprint density at radius 2 is 1.96 bits per heavy atom. The van der Waals surface area contributed by atoms with Gasteiger partial charge in [-0.3, -0.25) is 9.59 Å². The smallest absolute Gasteiger partial charge is 0.308 e. The molecule has 138 valence electrons. The lowest BCUT2D eigenvalue weighted by molar-refractivity contribution is -0.141. The van der Waals surface area contributed by atoms with Crippen molar-refractivity contribution in [3.8, 4) is 5.75 Å². The Bertz CT molecular complexity index is 764. The van der Waals surface area contributed by atoms with Crippen molar-refractivity contribution in [2.75, 3.05) is 18.5 Å². The van der Waals surface area contributed by atoms with Crippen LogP contribution < -0.4 is 15.4 Å². The van der Waals surface area contributed by atoms with Crippen LogP contribution in [0.4, 0.5) is 5.69 Å². The SMILES string of the molecule is CN.O=C(O)C1CC(=O)N(c2ccc(OCc3cccc(Cl)c3)cc2)C1. The lowest BCUT2D eigenvalue weighted by Gasteiger charge is -2.16. The number of aliphatic carboxylic acids is 1. The summed E-state index contributed by atoms with van der Waals surface area (Å²) in [7, 11) is 1.50. The van der Waals surface area contributed by atoms with Crippen LogP contribution in [0.1, 0.15) is 12.0 Å².